The average Bonchev–Trinajstić information content (AvgIpc) is 2.61. The fourth-order valence-corrected chi connectivity index (χ4v) is 3.31. The van der Waals surface area contributed by atoms with Gasteiger partial charge in [-0.2, -0.15) is 0 Å². The molecule has 0 aliphatic carbocycles. The number of ether oxygens (including phenoxy) is 1. The highest BCUT2D eigenvalue weighted by molar-refractivity contribution is 8.00. The van der Waals surface area contributed by atoms with Gasteiger partial charge in [-0.15, -0.1) is 0 Å². The van der Waals surface area contributed by atoms with E-state index in [1.807, 2.05) is 31.2 Å². The topological polar surface area (TPSA) is 51.2 Å². The Morgan fingerprint density at radius 2 is 1.88 bits per heavy atom. The number of hydrogen-bond acceptors (Lipinski definition) is 4. The molecule has 0 aliphatic rings. The first-order valence-corrected chi connectivity index (χ1v) is 8.98. The first-order chi connectivity index (χ1) is 12.0. The van der Waals surface area contributed by atoms with Gasteiger partial charge in [0.25, 0.3) is 0 Å². The minimum Gasteiger partial charge on any atom is -0.497 e. The Hall–Kier alpha value is -2.53. The van der Waals surface area contributed by atoms with Crippen molar-refractivity contribution >= 4 is 34.3 Å². The molecule has 0 radical (unpaired) electrons. The Labute approximate surface area is 151 Å². The van der Waals surface area contributed by atoms with Gasteiger partial charge in [-0.3, -0.25) is 4.79 Å². The number of carbonyl (C=O) groups excluding carboxylic acids is 1. The molecule has 0 atom stereocenters. The summed E-state index contributed by atoms with van der Waals surface area (Å²) >= 11 is 1.45. The molecule has 0 fully saturated rings. The fraction of sp³-hybridized carbons (Fsp3) is 0.200. The number of amides is 1. The SMILES string of the molecule is COc1ccc(NC(=O)CSc2nc3cc(C)ccc3cc2C)cc1. The van der Waals surface area contributed by atoms with Gasteiger partial charge in [0.2, 0.25) is 5.91 Å². The van der Waals surface area contributed by atoms with Crippen molar-refractivity contribution < 1.29 is 9.53 Å². The zero-order valence-electron chi connectivity index (χ0n) is 14.5. The Bertz CT molecular complexity index is 907. The number of carbonyl (C=O) groups is 1. The summed E-state index contributed by atoms with van der Waals surface area (Å²) in [6.07, 6.45) is 0. The molecule has 5 heteroatoms. The summed E-state index contributed by atoms with van der Waals surface area (Å²) < 4.78 is 5.11. The Morgan fingerprint density at radius 3 is 2.60 bits per heavy atom. The van der Waals surface area contributed by atoms with Gasteiger partial charge in [-0.1, -0.05) is 23.9 Å². The average molecular weight is 352 g/mol. The summed E-state index contributed by atoms with van der Waals surface area (Å²) in [5, 5.41) is 4.90. The predicted octanol–water partition coefficient (Wildman–Crippen LogP) is 4.59. The lowest BCUT2D eigenvalue weighted by Gasteiger charge is -2.09. The molecule has 128 valence electrons. The largest absolute Gasteiger partial charge is 0.497 e. The van der Waals surface area contributed by atoms with Crippen LogP contribution in [0.4, 0.5) is 5.69 Å². The van der Waals surface area contributed by atoms with E-state index in [2.05, 4.69) is 36.5 Å². The predicted molar refractivity (Wildman–Crippen MR) is 104 cm³/mol. The number of fused-ring (bicyclic) bond motifs is 1. The number of nitrogens with zero attached hydrogens (tertiary/aromatic N) is 1. The van der Waals surface area contributed by atoms with Crippen LogP contribution < -0.4 is 10.1 Å². The number of pyridine rings is 1. The molecule has 4 nitrogen and oxygen atoms in total. The van der Waals surface area contributed by atoms with Crippen molar-refractivity contribution in [2.45, 2.75) is 18.9 Å². The Balaban J connectivity index is 1.66. The quantitative estimate of drug-likeness (QED) is 0.682. The van der Waals surface area contributed by atoms with Gasteiger partial charge < -0.3 is 10.1 Å². The summed E-state index contributed by atoms with van der Waals surface area (Å²) in [6, 6.07) is 15.6. The third-order valence-electron chi connectivity index (χ3n) is 3.83. The van der Waals surface area contributed by atoms with Gasteiger partial charge in [0.05, 0.1) is 18.4 Å². The van der Waals surface area contributed by atoms with Crippen molar-refractivity contribution in [1.82, 2.24) is 4.98 Å². The van der Waals surface area contributed by atoms with Crippen molar-refractivity contribution in [2.75, 3.05) is 18.2 Å². The zero-order valence-corrected chi connectivity index (χ0v) is 15.3. The van der Waals surface area contributed by atoms with Crippen LogP contribution in [0.1, 0.15) is 11.1 Å². The van der Waals surface area contributed by atoms with E-state index in [0.29, 0.717) is 5.75 Å². The number of aromatic nitrogens is 1. The smallest absolute Gasteiger partial charge is 0.234 e. The van der Waals surface area contributed by atoms with Crippen molar-refractivity contribution in [3.8, 4) is 5.75 Å². The number of anilines is 1. The lowest BCUT2D eigenvalue weighted by molar-refractivity contribution is -0.113. The number of benzene rings is 2. The van der Waals surface area contributed by atoms with Crippen LogP contribution in [0.5, 0.6) is 5.75 Å². The standard InChI is InChI=1S/C20H20N2O2S/c1-13-4-5-15-11-14(2)20(22-18(15)10-13)25-12-19(23)21-16-6-8-17(24-3)9-7-16/h4-11H,12H2,1-3H3,(H,21,23). The van der Waals surface area contributed by atoms with Crippen LogP contribution in [0.15, 0.2) is 53.6 Å². The second-order valence-corrected chi connectivity index (χ2v) is 6.84. The molecule has 0 bridgehead atoms. The molecule has 1 aromatic heterocycles. The molecular weight excluding hydrogens is 332 g/mol. The number of nitrogens with one attached hydrogen (secondary N) is 1. The van der Waals surface area contributed by atoms with Crippen LogP contribution in [0.3, 0.4) is 0 Å². The van der Waals surface area contributed by atoms with Crippen molar-refractivity contribution in [3.63, 3.8) is 0 Å². The maximum Gasteiger partial charge on any atom is 0.234 e. The lowest BCUT2D eigenvalue weighted by atomic mass is 10.1. The maximum absolute atomic E-state index is 12.2. The molecule has 3 rings (SSSR count). The monoisotopic (exact) mass is 352 g/mol. The van der Waals surface area contributed by atoms with Gasteiger partial charge >= 0.3 is 0 Å². The molecule has 0 aliphatic heterocycles. The summed E-state index contributed by atoms with van der Waals surface area (Å²) in [6.45, 7) is 4.08. The number of thioether (sulfide) groups is 1. The van der Waals surface area contributed by atoms with E-state index >= 15 is 0 Å². The minimum absolute atomic E-state index is 0.0549. The Kier molecular flexibility index (Phi) is 5.24. The van der Waals surface area contributed by atoms with Gasteiger partial charge in [0.1, 0.15) is 10.8 Å². The molecule has 25 heavy (non-hydrogen) atoms. The van der Waals surface area contributed by atoms with Crippen molar-refractivity contribution in [3.05, 3.63) is 59.7 Å². The zero-order chi connectivity index (χ0) is 17.8. The summed E-state index contributed by atoms with van der Waals surface area (Å²) in [4.78, 5) is 16.9. The third kappa shape index (κ3) is 4.31. The maximum atomic E-state index is 12.2. The first kappa shape index (κ1) is 17.3. The minimum atomic E-state index is -0.0549. The second kappa shape index (κ2) is 7.57. The summed E-state index contributed by atoms with van der Waals surface area (Å²) in [5.74, 6) is 1.02. The van der Waals surface area contributed by atoms with Crippen LogP contribution in [0, 0.1) is 13.8 Å². The highest BCUT2D eigenvalue weighted by atomic mass is 32.2. The van der Waals surface area contributed by atoms with Crippen LogP contribution in [0.25, 0.3) is 10.9 Å². The van der Waals surface area contributed by atoms with E-state index in [1.54, 1.807) is 7.11 Å². The van der Waals surface area contributed by atoms with E-state index in [4.69, 9.17) is 9.72 Å². The van der Waals surface area contributed by atoms with Gasteiger partial charge in [-0.05, 0) is 61.4 Å². The van der Waals surface area contributed by atoms with Crippen LogP contribution in [-0.2, 0) is 4.79 Å². The van der Waals surface area contributed by atoms with Crippen LogP contribution in [0.2, 0.25) is 0 Å². The molecule has 0 spiro atoms. The fourth-order valence-electron chi connectivity index (χ4n) is 2.52. The van der Waals surface area contributed by atoms with Gasteiger partial charge in [0, 0.05) is 11.1 Å². The van der Waals surface area contributed by atoms with Gasteiger partial charge in [0.15, 0.2) is 0 Å². The second-order valence-electron chi connectivity index (χ2n) is 5.87. The van der Waals surface area contributed by atoms with E-state index in [1.165, 1.54) is 17.3 Å². The van der Waals surface area contributed by atoms with Crippen molar-refractivity contribution in [2.24, 2.45) is 0 Å². The summed E-state index contributed by atoms with van der Waals surface area (Å²) in [7, 11) is 1.62. The highest BCUT2D eigenvalue weighted by Gasteiger charge is 2.09. The number of methoxy groups -OCH3 is 1. The highest BCUT2D eigenvalue weighted by Crippen LogP contribution is 2.25. The molecule has 2 aromatic carbocycles. The molecule has 1 amide bonds. The molecule has 1 heterocycles. The van der Waals surface area contributed by atoms with Crippen molar-refractivity contribution in [1.29, 1.82) is 0 Å². The number of rotatable bonds is 5. The third-order valence-corrected chi connectivity index (χ3v) is 4.92. The number of aryl methyl sites for hydroxylation is 2. The van der Waals surface area contributed by atoms with Crippen LogP contribution >= 0.6 is 11.8 Å². The van der Waals surface area contributed by atoms with Crippen LogP contribution in [-0.4, -0.2) is 23.8 Å². The van der Waals surface area contributed by atoms with E-state index in [-0.39, 0.29) is 5.91 Å². The van der Waals surface area contributed by atoms with E-state index in [9.17, 15) is 4.79 Å². The Morgan fingerprint density at radius 1 is 1.12 bits per heavy atom. The first-order valence-electron chi connectivity index (χ1n) is 8.00. The van der Waals surface area contributed by atoms with E-state index in [0.717, 1.165) is 32.9 Å². The van der Waals surface area contributed by atoms with E-state index < -0.39 is 0 Å². The normalized spacial score (nSPS) is 10.7. The number of hydrogen-bond donors (Lipinski definition) is 1. The molecule has 1 N–H and O–H groups in total. The lowest BCUT2D eigenvalue weighted by Crippen LogP contribution is -2.14. The molecule has 3 aromatic rings. The molecule has 0 saturated carbocycles. The molecule has 0 unspecified atom stereocenters. The van der Waals surface area contributed by atoms with Gasteiger partial charge in [-0.25, -0.2) is 4.98 Å². The summed E-state index contributed by atoms with van der Waals surface area (Å²) in [5.41, 5.74) is 3.98. The molecular formula is C20H20N2O2S. The molecule has 0 saturated heterocycles.